The third-order valence-electron chi connectivity index (χ3n) is 0. The molecule has 0 unspecified atom stereocenters. The predicted octanol–water partition coefficient (Wildman–Crippen LogP) is -2.16. The molecule has 0 saturated heterocycles. The minimum absolute atomic E-state index is 0. The predicted molar refractivity (Wildman–Crippen MR) is 93.3 cm³/mol. The number of rotatable bonds is 0. The Kier molecular flexibility index (Phi) is 116. The van der Waals surface area contributed by atoms with Gasteiger partial charge in [-0.3, -0.25) is 0 Å². The minimum atomic E-state index is -1.75. The fourth-order valence-electron chi connectivity index (χ4n) is 0. The van der Waals surface area contributed by atoms with E-state index < -0.39 is 45.8 Å². The number of nitrogens with zero attached hydrogens (tertiary/aromatic N) is 9. The van der Waals surface area contributed by atoms with Crippen LogP contribution in [0, 0.1) is 138 Å². The second-order valence-electron chi connectivity index (χ2n) is 2.01. The molecule has 0 N–H and O–H groups in total. The molecule has 0 aromatic carbocycles. The second kappa shape index (κ2) is 63.4. The SMILES string of the molecule is O=[N+]([O-])[O-].O=[N+]([O-])[O-].O=[N+]([O-])[O-].O=[N+]([O-])[O-].O=[N+]([O-])[O-].O=[N+]([O-])[O-].O=[N+]([O-])[O-].O=[N+]([O-])[O-].O=[N+]([O-])[O-].[Hf+4].[Ta+5]. The third kappa shape index (κ3) is 842. The topological polar surface area (TPSA) is 596 Å². The van der Waals surface area contributed by atoms with Gasteiger partial charge in [-0.2, -0.15) is 0 Å². The largest absolute Gasteiger partial charge is 5.00 e. The van der Waals surface area contributed by atoms with Crippen molar-refractivity contribution >= 4 is 0 Å². The van der Waals surface area contributed by atoms with Gasteiger partial charge < -0.3 is 138 Å². The summed E-state index contributed by atoms with van der Waals surface area (Å²) in [6, 6.07) is 0. The van der Waals surface area contributed by atoms with Crippen molar-refractivity contribution in [1.29, 1.82) is 0 Å². The molecule has 0 aromatic rings. The monoisotopic (exact) mass is 919 g/mol. The molecule has 0 amide bonds. The molecule has 38 heteroatoms. The van der Waals surface area contributed by atoms with E-state index in [0.717, 1.165) is 0 Å². The van der Waals surface area contributed by atoms with Crippen molar-refractivity contribution in [3.63, 3.8) is 0 Å². The molecule has 0 saturated carbocycles. The standard InChI is InChI=1S/Hf.9NO3.Ta/c;9*2-1(3)4;/q+4;9*-1;+5. The van der Waals surface area contributed by atoms with E-state index in [0.29, 0.717) is 0 Å². The van der Waals surface area contributed by atoms with Crippen LogP contribution in [0.3, 0.4) is 0 Å². The molecule has 0 aliphatic rings. The molecule has 216 valence electrons. The molecule has 0 radical (unpaired) electrons. The zero-order chi connectivity index (χ0) is 32.2. The van der Waals surface area contributed by atoms with Gasteiger partial charge in [-0.05, 0) is 0 Å². The summed E-state index contributed by atoms with van der Waals surface area (Å²) in [5.74, 6) is 0. The van der Waals surface area contributed by atoms with Crippen LogP contribution in [0.5, 0.6) is 0 Å². The zero-order valence-electron chi connectivity index (χ0n) is 16.0. The van der Waals surface area contributed by atoms with Crippen molar-refractivity contribution in [2.45, 2.75) is 0 Å². The maximum absolute atomic E-state index is 8.25. The Labute approximate surface area is 232 Å². The van der Waals surface area contributed by atoms with Crippen molar-refractivity contribution in [3.05, 3.63) is 138 Å². The Balaban J connectivity index is -0.0000000238. The Morgan fingerprint density at radius 3 is 0.211 bits per heavy atom. The van der Waals surface area contributed by atoms with E-state index in [4.69, 9.17) is 138 Å². The first-order valence-corrected chi connectivity index (χ1v) is 4.93. The Hall–Kier alpha value is -5.59. The molecule has 0 aliphatic carbocycles. The minimum Gasteiger partial charge on any atom is -0.356 e. The van der Waals surface area contributed by atoms with Crippen LogP contribution in [-0.4, -0.2) is 45.8 Å². The van der Waals surface area contributed by atoms with E-state index in [1.165, 1.54) is 0 Å². The summed E-state index contributed by atoms with van der Waals surface area (Å²) in [4.78, 5) is 74.2. The van der Waals surface area contributed by atoms with Gasteiger partial charge in [0.15, 0.2) is 0 Å². The first kappa shape index (κ1) is 69.8. The molecule has 0 rings (SSSR count). The van der Waals surface area contributed by atoms with Gasteiger partial charge in [-0.15, -0.1) is 0 Å². The fourth-order valence-corrected chi connectivity index (χ4v) is 0. The van der Waals surface area contributed by atoms with Gasteiger partial charge in [0.25, 0.3) is 0 Å². The number of hydrogen-bond donors (Lipinski definition) is 0. The first-order chi connectivity index (χ1) is 15.6. The van der Waals surface area contributed by atoms with E-state index in [-0.39, 0.29) is 48.2 Å². The van der Waals surface area contributed by atoms with E-state index in [1.54, 1.807) is 0 Å². The average molecular weight is 917 g/mol. The molecule has 0 heterocycles. The summed E-state index contributed by atoms with van der Waals surface area (Å²) < 4.78 is 0. The molecule has 0 fully saturated rings. The van der Waals surface area contributed by atoms with Crippen LogP contribution >= 0.6 is 0 Å². The molecule has 36 nitrogen and oxygen atoms in total. The summed E-state index contributed by atoms with van der Waals surface area (Å²) in [6.45, 7) is 0. The van der Waals surface area contributed by atoms with Crippen LogP contribution < -0.4 is 0 Å². The summed E-state index contributed by atoms with van der Waals surface area (Å²) in [7, 11) is 0. The van der Waals surface area contributed by atoms with Crippen molar-refractivity contribution in [2.24, 2.45) is 0 Å². The van der Waals surface area contributed by atoms with Crippen LogP contribution in [0.15, 0.2) is 0 Å². The van der Waals surface area contributed by atoms with Crippen molar-refractivity contribution < 1.29 is 94.0 Å². The number of hydrogen-bond acceptors (Lipinski definition) is 27. The van der Waals surface area contributed by atoms with Gasteiger partial charge in [0, 0.05) is 0 Å². The van der Waals surface area contributed by atoms with Crippen LogP contribution in [0.25, 0.3) is 0 Å². The molecular weight excluding hydrogens is 917 g/mol. The molecule has 38 heavy (non-hydrogen) atoms. The van der Waals surface area contributed by atoms with Crippen LogP contribution in [0.2, 0.25) is 0 Å². The quantitative estimate of drug-likeness (QED) is 0.142. The summed E-state index contributed by atoms with van der Waals surface area (Å²) >= 11 is 0. The van der Waals surface area contributed by atoms with Gasteiger partial charge in [-0.1, -0.05) is 0 Å². The Morgan fingerprint density at radius 2 is 0.211 bits per heavy atom. The molecule has 0 spiro atoms. The van der Waals surface area contributed by atoms with E-state index in [2.05, 4.69) is 0 Å². The summed E-state index contributed by atoms with van der Waals surface area (Å²) in [6.07, 6.45) is 0. The Morgan fingerprint density at radius 1 is 0.211 bits per heavy atom. The summed E-state index contributed by atoms with van der Waals surface area (Å²) in [5, 5.41) is 133. The first-order valence-electron chi connectivity index (χ1n) is 4.93. The van der Waals surface area contributed by atoms with Crippen LogP contribution in [0.1, 0.15) is 0 Å². The van der Waals surface area contributed by atoms with Gasteiger partial charge in [-0.25, -0.2) is 0 Å². The maximum atomic E-state index is 8.25. The third-order valence-corrected chi connectivity index (χ3v) is 0. The fraction of sp³-hybridized carbons (Fsp3) is 0. The van der Waals surface area contributed by atoms with Gasteiger partial charge in [0.05, 0.1) is 45.8 Å². The smallest absolute Gasteiger partial charge is 0.356 e. The van der Waals surface area contributed by atoms with Gasteiger partial charge in [0.1, 0.15) is 0 Å². The maximum Gasteiger partial charge on any atom is 5.00 e. The molecule has 0 bridgehead atoms. The van der Waals surface area contributed by atoms with Crippen LogP contribution in [-0.2, 0) is 48.2 Å². The van der Waals surface area contributed by atoms with E-state index in [9.17, 15) is 0 Å². The second-order valence-corrected chi connectivity index (χ2v) is 2.01. The molecule has 0 aliphatic heterocycles. The van der Waals surface area contributed by atoms with Gasteiger partial charge in [0.2, 0.25) is 0 Å². The van der Waals surface area contributed by atoms with Crippen LogP contribution in [0.4, 0.5) is 0 Å². The molecular formula is HfN9O27Ta. The van der Waals surface area contributed by atoms with Gasteiger partial charge >= 0.3 is 48.2 Å². The average Bonchev–Trinajstić information content (AvgIpc) is 2.39. The molecule has 0 aromatic heterocycles. The van der Waals surface area contributed by atoms with E-state index >= 15 is 0 Å². The normalized spacial score (nSPS) is 5.68. The van der Waals surface area contributed by atoms with Crippen molar-refractivity contribution in [3.8, 4) is 0 Å². The summed E-state index contributed by atoms with van der Waals surface area (Å²) in [5.41, 5.74) is 0. The zero-order valence-corrected chi connectivity index (χ0v) is 22.8. The van der Waals surface area contributed by atoms with Crippen molar-refractivity contribution in [1.82, 2.24) is 0 Å². The molecule has 0 atom stereocenters. The Bertz CT molecular complexity index is 421. The van der Waals surface area contributed by atoms with E-state index in [1.807, 2.05) is 0 Å². The van der Waals surface area contributed by atoms with Crippen molar-refractivity contribution in [2.75, 3.05) is 0 Å².